The summed E-state index contributed by atoms with van der Waals surface area (Å²) in [7, 11) is 0. The topological polar surface area (TPSA) is 580 Å². The molecule has 0 aromatic carbocycles. The molecule has 119 heavy (non-hydrogen) atoms. The lowest BCUT2D eigenvalue weighted by Gasteiger charge is -2.47. The number of allylic oxidation sites excluding steroid dienone is 10. The second-order valence-corrected chi connectivity index (χ2v) is 32.7. The van der Waals surface area contributed by atoms with Gasteiger partial charge in [0.05, 0.1) is 63.1 Å². The molecule has 0 aromatic heterocycles. The van der Waals surface area contributed by atoms with Crippen LogP contribution >= 0.6 is 0 Å². The summed E-state index contributed by atoms with van der Waals surface area (Å²) in [5.41, 5.74) is 2.93. The molecule has 21 N–H and O–H groups in total. The molecular weight excluding hydrogens is 1580 g/mol. The maximum atomic E-state index is 13.6. The lowest BCUT2D eigenvalue weighted by Crippen LogP contribution is -2.65. The van der Waals surface area contributed by atoms with Crippen LogP contribution in [0.1, 0.15) is 146 Å². The number of ether oxygens (including phenoxy) is 15. The Balaban J connectivity index is 0.836. The molecule has 37 nitrogen and oxygen atoms in total. The number of esters is 1. The van der Waals surface area contributed by atoms with Crippen LogP contribution in [0.4, 0.5) is 0 Å². The smallest absolute Gasteiger partial charge is 0.333 e. The highest BCUT2D eigenvalue weighted by Gasteiger charge is 2.57. The van der Waals surface area contributed by atoms with Crippen LogP contribution < -0.4 is 0 Å². The first-order valence-corrected chi connectivity index (χ1v) is 40.8. The molecule has 0 aromatic rings. The van der Waals surface area contributed by atoms with Crippen LogP contribution in [0.2, 0.25) is 0 Å². The highest BCUT2D eigenvalue weighted by Crippen LogP contribution is 2.38. The van der Waals surface area contributed by atoms with E-state index in [-0.39, 0.29) is 12.2 Å². The minimum absolute atomic E-state index is 0.00661. The van der Waals surface area contributed by atoms with Gasteiger partial charge in [0.25, 0.3) is 0 Å². The van der Waals surface area contributed by atoms with Gasteiger partial charge < -0.3 is 178 Å². The summed E-state index contributed by atoms with van der Waals surface area (Å²) < 4.78 is 88.1. The molecule has 0 bridgehead atoms. The molecule has 0 radical (unpaired) electrons. The third kappa shape index (κ3) is 27.5. The van der Waals surface area contributed by atoms with E-state index in [1.54, 1.807) is 19.9 Å². The fourth-order valence-corrected chi connectivity index (χ4v) is 14.6. The number of carbonyl (C=O) groups is 1. The Morgan fingerprint density at radius 3 is 1.07 bits per heavy atom. The van der Waals surface area contributed by atoms with Crippen molar-refractivity contribution in [2.24, 2.45) is 0 Å². The van der Waals surface area contributed by atoms with E-state index in [1.165, 1.54) is 32.9 Å². The van der Waals surface area contributed by atoms with Crippen LogP contribution in [0.5, 0.6) is 0 Å². The van der Waals surface area contributed by atoms with Crippen molar-refractivity contribution in [1.82, 2.24) is 0 Å². The largest absolute Gasteiger partial charge is 0.451 e. The molecule has 7 heterocycles. The van der Waals surface area contributed by atoms with Gasteiger partial charge in [0, 0.05) is 5.57 Å². The normalized spacial score (nSPS) is 41.1. The van der Waals surface area contributed by atoms with Gasteiger partial charge in [-0.15, -0.1) is 13.2 Å². The lowest BCUT2D eigenvalue weighted by molar-refractivity contribution is -0.375. The van der Waals surface area contributed by atoms with Crippen molar-refractivity contribution < 1.29 is 183 Å². The molecule has 0 aliphatic carbocycles. The molecule has 0 saturated carbocycles. The van der Waals surface area contributed by atoms with Gasteiger partial charge in [-0.3, -0.25) is 0 Å². The molecule has 37 heteroatoms. The first kappa shape index (κ1) is 102. The Labute approximate surface area is 693 Å². The molecular formula is C82H134O37. The number of aliphatic hydroxyl groups is 21. The van der Waals surface area contributed by atoms with Crippen molar-refractivity contribution in [3.05, 3.63) is 95.2 Å². The third-order valence-electron chi connectivity index (χ3n) is 22.9. The monoisotopic (exact) mass is 1710 g/mol. The average molecular weight is 1710 g/mol. The highest BCUT2D eigenvalue weighted by atomic mass is 16.8. The molecule has 0 spiro atoms. The van der Waals surface area contributed by atoms with E-state index in [4.69, 9.17) is 71.1 Å². The molecule has 7 saturated heterocycles. The quantitative estimate of drug-likeness (QED) is 0.0172. The fraction of sp³-hybridized carbons (Fsp3) is 0.793. The number of carbonyl (C=O) groups excluding carboxylic acids is 1. The van der Waals surface area contributed by atoms with Gasteiger partial charge in [-0.2, -0.15) is 0 Å². The van der Waals surface area contributed by atoms with Gasteiger partial charge >= 0.3 is 5.97 Å². The Hall–Kier alpha value is -4.01. The van der Waals surface area contributed by atoms with Gasteiger partial charge in [0.15, 0.2) is 50.1 Å². The van der Waals surface area contributed by atoms with E-state index in [2.05, 4.69) is 25.3 Å². The van der Waals surface area contributed by atoms with Crippen LogP contribution in [0.15, 0.2) is 95.2 Å². The molecule has 37 atom stereocenters. The Morgan fingerprint density at radius 2 is 0.664 bits per heavy atom. The van der Waals surface area contributed by atoms with Gasteiger partial charge in [-0.25, -0.2) is 4.79 Å². The Kier molecular flexibility index (Phi) is 40.8. The van der Waals surface area contributed by atoms with E-state index in [0.717, 1.165) is 40.7 Å². The van der Waals surface area contributed by atoms with E-state index in [0.29, 0.717) is 64.2 Å². The van der Waals surface area contributed by atoms with Crippen LogP contribution in [0, 0.1) is 0 Å². The van der Waals surface area contributed by atoms with Crippen molar-refractivity contribution in [2.75, 3.05) is 39.6 Å². The van der Waals surface area contributed by atoms with Crippen LogP contribution in [0.3, 0.4) is 0 Å². The SMILES string of the molecule is C=CC(C)(CCC=C(C)CCC=C(C)CCC=C(C)COC1OC(C)C(O)C(OC2OC(COC3OC(C)C(O)C(O)C3OC(=O)C(C)=CCCC(C)=CCCC(C)=CCCC(C)(C=C)OC3OC(CO)C(O)C(O)C3OC3OC(CO)C(O)C(O)C3O)C(O)C(O)C2O)C1O)OC1OC(CO)C(O)C(O)C1OC1OC(CO)C(O)C(O)C1O. The number of aliphatic hydroxyl groups excluding tert-OH is 21. The van der Waals surface area contributed by atoms with E-state index in [1.807, 2.05) is 52.8 Å². The number of hydrogen-bond acceptors (Lipinski definition) is 37. The Bertz CT molecular complexity index is 3300. The zero-order chi connectivity index (χ0) is 88.2. The summed E-state index contributed by atoms with van der Waals surface area (Å²) in [5, 5.41) is 224. The van der Waals surface area contributed by atoms with E-state index >= 15 is 0 Å². The van der Waals surface area contributed by atoms with E-state index < -0.39 is 265 Å². The summed E-state index contributed by atoms with van der Waals surface area (Å²) in [5.74, 6) is -0.874. The third-order valence-corrected chi connectivity index (χ3v) is 22.9. The standard InChI is InChI=1S/C82H134O37/c1-13-81(11,118-79-71(63(98)56(91)49(35-85)111-79)116-75-65(100)59(94)54(89)47(33-83)109-75)31-19-28-41(5)23-15-21-39(3)25-17-27-43(7)37-105-74-68(103)69(53(88)46(10)107-74)115-77-67(102)61(96)58(93)51(113-77)38-106-78-70(62(97)52(87)45(9)108-78)114-73(104)44(8)30-18-26-40(4)22-16-24-42(6)29-20-32-82(12,14-2)119-80-72(64(99)57(92)50(36-86)112-80)117-76-66(101)60(95)55(90)48(34-84)110-76/h13-14,21-22,27-30,45-72,74-80,83-103H,1-2,15-20,23-26,31-38H2,3-12H3. The summed E-state index contributed by atoms with van der Waals surface area (Å²) in [6.45, 7) is 21.9. The van der Waals surface area contributed by atoms with Crippen LogP contribution in [-0.2, 0) is 75.8 Å². The van der Waals surface area contributed by atoms with Gasteiger partial charge in [-0.1, -0.05) is 76.5 Å². The summed E-state index contributed by atoms with van der Waals surface area (Å²) in [6.07, 6.45) is -34.2. The predicted molar refractivity (Wildman–Crippen MR) is 416 cm³/mol. The molecule has 37 unspecified atom stereocenters. The zero-order valence-corrected chi connectivity index (χ0v) is 69.4. The van der Waals surface area contributed by atoms with Crippen molar-refractivity contribution in [1.29, 1.82) is 0 Å². The van der Waals surface area contributed by atoms with Crippen molar-refractivity contribution in [3.63, 3.8) is 0 Å². The van der Waals surface area contributed by atoms with Crippen LogP contribution in [-0.4, -0.2) is 379 Å². The molecule has 7 rings (SSSR count). The molecule has 684 valence electrons. The summed E-state index contributed by atoms with van der Waals surface area (Å²) in [6, 6.07) is 0. The Morgan fingerprint density at radius 1 is 0.336 bits per heavy atom. The second kappa shape index (κ2) is 47.5. The fourth-order valence-electron chi connectivity index (χ4n) is 14.6. The van der Waals surface area contributed by atoms with Crippen molar-refractivity contribution in [2.45, 2.75) is 372 Å². The predicted octanol–water partition coefficient (Wildman–Crippen LogP) is -2.41. The van der Waals surface area contributed by atoms with Crippen LogP contribution in [0.25, 0.3) is 0 Å². The first-order valence-electron chi connectivity index (χ1n) is 40.8. The highest BCUT2D eigenvalue weighted by molar-refractivity contribution is 5.87. The van der Waals surface area contributed by atoms with Gasteiger partial charge in [-0.05, 0) is 146 Å². The first-order chi connectivity index (χ1) is 56.2. The average Bonchev–Trinajstić information content (AvgIpc) is 0.788. The second-order valence-electron chi connectivity index (χ2n) is 32.7. The lowest BCUT2D eigenvalue weighted by atomic mass is 9.95. The molecule has 0 amide bonds. The number of hydrogen-bond donors (Lipinski definition) is 21. The van der Waals surface area contributed by atoms with Crippen molar-refractivity contribution in [3.8, 4) is 0 Å². The maximum Gasteiger partial charge on any atom is 0.333 e. The van der Waals surface area contributed by atoms with E-state index in [9.17, 15) is 112 Å². The maximum absolute atomic E-state index is 13.6. The minimum atomic E-state index is -1.94. The molecule has 7 aliphatic rings. The number of rotatable bonds is 42. The minimum Gasteiger partial charge on any atom is -0.451 e. The van der Waals surface area contributed by atoms with Gasteiger partial charge in [0.1, 0.15) is 153 Å². The summed E-state index contributed by atoms with van der Waals surface area (Å²) in [4.78, 5) is 13.6. The summed E-state index contributed by atoms with van der Waals surface area (Å²) >= 11 is 0. The molecule has 7 aliphatic heterocycles. The zero-order valence-electron chi connectivity index (χ0n) is 69.4. The van der Waals surface area contributed by atoms with Crippen molar-refractivity contribution >= 4 is 5.97 Å². The van der Waals surface area contributed by atoms with Gasteiger partial charge in [0.2, 0.25) is 0 Å². The molecule has 7 fully saturated rings.